The van der Waals surface area contributed by atoms with E-state index in [1.54, 1.807) is 0 Å². The molecule has 2 aromatic heterocycles. The standard InChI is InChI=1S/C19H15N3O2S2/c1-12-14-9-5-6-10-15(14)24-16(12)17(23)20-18-21-19(22-26-18)25-11-13-7-3-2-4-8-13/h2-10H,11H2,1H3,(H,20,21,22,23). The van der Waals surface area contributed by atoms with Crippen LogP contribution in [0.25, 0.3) is 11.0 Å². The van der Waals surface area contributed by atoms with E-state index in [4.69, 9.17) is 4.42 Å². The average Bonchev–Trinajstić information content (AvgIpc) is 3.25. The number of hydrogen-bond donors (Lipinski definition) is 1. The van der Waals surface area contributed by atoms with Crippen molar-refractivity contribution in [2.24, 2.45) is 0 Å². The van der Waals surface area contributed by atoms with E-state index in [0.717, 1.165) is 28.2 Å². The third kappa shape index (κ3) is 3.49. The summed E-state index contributed by atoms with van der Waals surface area (Å²) in [5.74, 6) is 0.780. The molecule has 26 heavy (non-hydrogen) atoms. The molecule has 0 aliphatic rings. The molecule has 0 saturated heterocycles. The number of fused-ring (bicyclic) bond motifs is 1. The molecule has 1 N–H and O–H groups in total. The zero-order chi connectivity index (χ0) is 17.9. The number of para-hydroxylation sites is 1. The number of rotatable bonds is 5. The predicted octanol–water partition coefficient (Wildman–Crippen LogP) is 5.14. The largest absolute Gasteiger partial charge is 0.451 e. The Kier molecular flexibility index (Phi) is 4.73. The van der Waals surface area contributed by atoms with E-state index in [1.165, 1.54) is 17.3 Å². The fourth-order valence-electron chi connectivity index (χ4n) is 2.59. The highest BCUT2D eigenvalue weighted by Gasteiger charge is 2.19. The van der Waals surface area contributed by atoms with E-state index in [2.05, 4.69) is 26.8 Å². The highest BCUT2D eigenvalue weighted by molar-refractivity contribution is 7.98. The lowest BCUT2D eigenvalue weighted by molar-refractivity contribution is 0.0998. The smallest absolute Gasteiger partial charge is 0.293 e. The molecule has 1 amide bonds. The van der Waals surface area contributed by atoms with Gasteiger partial charge in [0.05, 0.1) is 0 Å². The molecule has 5 nitrogen and oxygen atoms in total. The molecule has 130 valence electrons. The van der Waals surface area contributed by atoms with Crippen LogP contribution in [0.3, 0.4) is 0 Å². The summed E-state index contributed by atoms with van der Waals surface area (Å²) >= 11 is 2.70. The lowest BCUT2D eigenvalue weighted by atomic mass is 10.1. The van der Waals surface area contributed by atoms with Gasteiger partial charge in [-0.05, 0) is 18.6 Å². The lowest BCUT2D eigenvalue weighted by Crippen LogP contribution is -2.11. The van der Waals surface area contributed by atoms with Crippen molar-refractivity contribution in [1.82, 2.24) is 9.36 Å². The number of aryl methyl sites for hydroxylation is 1. The van der Waals surface area contributed by atoms with Gasteiger partial charge in [0.25, 0.3) is 5.91 Å². The molecule has 0 atom stereocenters. The second kappa shape index (κ2) is 7.31. The van der Waals surface area contributed by atoms with Crippen LogP contribution in [-0.2, 0) is 5.75 Å². The van der Waals surface area contributed by atoms with Crippen LogP contribution in [0.15, 0.2) is 64.2 Å². The monoisotopic (exact) mass is 381 g/mol. The number of amides is 1. The van der Waals surface area contributed by atoms with Gasteiger partial charge in [0, 0.05) is 28.2 Å². The summed E-state index contributed by atoms with van der Waals surface area (Å²) in [5.41, 5.74) is 2.73. The van der Waals surface area contributed by atoms with Crippen molar-refractivity contribution in [3.05, 3.63) is 71.5 Å². The van der Waals surface area contributed by atoms with Crippen LogP contribution in [0.5, 0.6) is 0 Å². The van der Waals surface area contributed by atoms with Crippen LogP contribution in [0.2, 0.25) is 0 Å². The number of thioether (sulfide) groups is 1. The summed E-state index contributed by atoms with van der Waals surface area (Å²) in [6.07, 6.45) is 0. The van der Waals surface area contributed by atoms with Crippen molar-refractivity contribution in [1.29, 1.82) is 0 Å². The van der Waals surface area contributed by atoms with E-state index < -0.39 is 0 Å². The minimum atomic E-state index is -0.311. The van der Waals surface area contributed by atoms with Crippen molar-refractivity contribution in [3.63, 3.8) is 0 Å². The van der Waals surface area contributed by atoms with Gasteiger partial charge in [0.15, 0.2) is 5.76 Å². The van der Waals surface area contributed by atoms with Crippen molar-refractivity contribution < 1.29 is 9.21 Å². The number of carbonyl (C=O) groups is 1. The Hall–Kier alpha value is -2.64. The summed E-state index contributed by atoms with van der Waals surface area (Å²) in [4.78, 5) is 16.9. The molecule has 2 heterocycles. The number of nitrogens with zero attached hydrogens (tertiary/aromatic N) is 2. The summed E-state index contributed by atoms with van der Waals surface area (Å²) < 4.78 is 9.98. The molecule has 0 fully saturated rings. The molecule has 0 saturated carbocycles. The number of carbonyl (C=O) groups excluding carboxylic acids is 1. The van der Waals surface area contributed by atoms with Crippen molar-refractivity contribution in [2.45, 2.75) is 17.8 Å². The average molecular weight is 381 g/mol. The first kappa shape index (κ1) is 16.8. The van der Waals surface area contributed by atoms with Crippen LogP contribution in [-0.4, -0.2) is 15.3 Å². The molecular weight excluding hydrogens is 366 g/mol. The fourth-order valence-corrected chi connectivity index (χ4v) is 4.08. The SMILES string of the molecule is Cc1c(C(=O)Nc2nc(SCc3ccccc3)ns2)oc2ccccc12. The number of aromatic nitrogens is 2. The van der Waals surface area contributed by atoms with Crippen LogP contribution in [0.1, 0.15) is 21.7 Å². The Bertz CT molecular complexity index is 1060. The van der Waals surface area contributed by atoms with Gasteiger partial charge in [0.2, 0.25) is 10.3 Å². The minimum Gasteiger partial charge on any atom is -0.451 e. The first-order valence-corrected chi connectivity index (χ1v) is 9.76. The molecule has 2 aromatic carbocycles. The number of nitrogens with one attached hydrogen (secondary N) is 1. The molecule has 4 rings (SSSR count). The van der Waals surface area contributed by atoms with E-state index in [-0.39, 0.29) is 5.91 Å². The molecule has 0 aliphatic carbocycles. The second-order valence-electron chi connectivity index (χ2n) is 5.66. The molecule has 0 bridgehead atoms. The zero-order valence-corrected chi connectivity index (χ0v) is 15.6. The van der Waals surface area contributed by atoms with E-state index >= 15 is 0 Å². The Morgan fingerprint density at radius 1 is 1.15 bits per heavy atom. The van der Waals surface area contributed by atoms with Gasteiger partial charge in [-0.2, -0.15) is 9.36 Å². The third-order valence-electron chi connectivity index (χ3n) is 3.89. The molecule has 0 spiro atoms. The lowest BCUT2D eigenvalue weighted by Gasteiger charge is -1.99. The van der Waals surface area contributed by atoms with Crippen LogP contribution in [0, 0.1) is 6.92 Å². The van der Waals surface area contributed by atoms with Gasteiger partial charge in [0.1, 0.15) is 5.58 Å². The summed E-state index contributed by atoms with van der Waals surface area (Å²) in [6, 6.07) is 17.7. The van der Waals surface area contributed by atoms with Crippen LogP contribution < -0.4 is 5.32 Å². The van der Waals surface area contributed by atoms with E-state index in [0.29, 0.717) is 21.6 Å². The van der Waals surface area contributed by atoms with E-state index in [1.807, 2.05) is 49.4 Å². The predicted molar refractivity (Wildman–Crippen MR) is 105 cm³/mol. The molecule has 0 unspecified atom stereocenters. The van der Waals surface area contributed by atoms with Crippen molar-refractivity contribution >= 4 is 45.3 Å². The number of furan rings is 1. The first-order chi connectivity index (χ1) is 12.7. The Morgan fingerprint density at radius 3 is 2.73 bits per heavy atom. The zero-order valence-electron chi connectivity index (χ0n) is 13.9. The molecule has 0 radical (unpaired) electrons. The third-order valence-corrected chi connectivity index (χ3v) is 5.55. The fraction of sp³-hybridized carbons (Fsp3) is 0.105. The van der Waals surface area contributed by atoms with Crippen molar-refractivity contribution in [3.8, 4) is 0 Å². The number of benzene rings is 2. The number of anilines is 1. The maximum Gasteiger partial charge on any atom is 0.293 e. The summed E-state index contributed by atoms with van der Waals surface area (Å²) in [6.45, 7) is 1.88. The molecular formula is C19H15N3O2S2. The first-order valence-electron chi connectivity index (χ1n) is 8.00. The maximum absolute atomic E-state index is 12.5. The van der Waals surface area contributed by atoms with Gasteiger partial charge in [-0.1, -0.05) is 60.3 Å². The van der Waals surface area contributed by atoms with Crippen LogP contribution in [0.4, 0.5) is 5.13 Å². The minimum absolute atomic E-state index is 0.305. The van der Waals surface area contributed by atoms with Gasteiger partial charge in [-0.3, -0.25) is 10.1 Å². The van der Waals surface area contributed by atoms with E-state index in [9.17, 15) is 4.79 Å². The molecule has 4 aromatic rings. The quantitative estimate of drug-likeness (QED) is 0.485. The Labute approximate surface area is 158 Å². The Balaban J connectivity index is 1.44. The van der Waals surface area contributed by atoms with Crippen molar-refractivity contribution in [2.75, 3.05) is 5.32 Å². The van der Waals surface area contributed by atoms with Crippen LogP contribution >= 0.6 is 23.3 Å². The highest BCUT2D eigenvalue weighted by atomic mass is 32.2. The summed E-state index contributed by atoms with van der Waals surface area (Å²) in [5, 5.41) is 4.83. The van der Waals surface area contributed by atoms with Gasteiger partial charge in [-0.25, -0.2) is 0 Å². The van der Waals surface area contributed by atoms with Gasteiger partial charge in [-0.15, -0.1) is 0 Å². The number of hydrogen-bond acceptors (Lipinski definition) is 6. The van der Waals surface area contributed by atoms with Gasteiger partial charge < -0.3 is 4.42 Å². The highest BCUT2D eigenvalue weighted by Crippen LogP contribution is 2.27. The second-order valence-corrected chi connectivity index (χ2v) is 7.36. The maximum atomic E-state index is 12.5. The molecule has 0 aliphatic heterocycles. The topological polar surface area (TPSA) is 68.0 Å². The molecule has 7 heteroatoms. The normalized spacial score (nSPS) is 11.0. The van der Waals surface area contributed by atoms with Gasteiger partial charge >= 0.3 is 0 Å². The Morgan fingerprint density at radius 2 is 1.92 bits per heavy atom. The summed E-state index contributed by atoms with van der Waals surface area (Å²) in [7, 11) is 0.